The molecule has 156 valence electrons. The molecule has 0 aromatic heterocycles. The van der Waals surface area contributed by atoms with E-state index in [9.17, 15) is 13.2 Å². The van der Waals surface area contributed by atoms with Crippen molar-refractivity contribution in [1.29, 1.82) is 0 Å². The molecule has 3 fully saturated rings. The van der Waals surface area contributed by atoms with E-state index in [4.69, 9.17) is 4.74 Å². The molecular weight excluding hydrogens is 366 g/mol. The number of hydrogen-bond donors (Lipinski definition) is 0. The Bertz CT molecular complexity index is 621. The first-order valence-electron chi connectivity index (χ1n) is 10.3. The number of rotatable bonds is 4. The summed E-state index contributed by atoms with van der Waals surface area (Å²) < 4.78 is 31.1. The second-order valence-corrected chi connectivity index (χ2v) is 10.7. The van der Waals surface area contributed by atoms with Crippen molar-refractivity contribution in [2.45, 2.75) is 57.6 Å². The molecule has 0 bridgehead atoms. The van der Waals surface area contributed by atoms with Crippen LogP contribution >= 0.6 is 0 Å². The Balaban J connectivity index is 1.50. The number of ether oxygens (including phenoxy) is 1. The lowest BCUT2D eigenvalue weighted by atomic mass is 9.78. The van der Waals surface area contributed by atoms with Crippen LogP contribution < -0.4 is 0 Å². The molecule has 0 saturated carbocycles. The van der Waals surface area contributed by atoms with Gasteiger partial charge in [-0.05, 0) is 45.4 Å². The first-order valence-corrected chi connectivity index (χ1v) is 12.1. The maximum atomic E-state index is 12.8. The maximum Gasteiger partial charge on any atom is 0.222 e. The molecule has 0 radical (unpaired) electrons. The van der Waals surface area contributed by atoms with Crippen molar-refractivity contribution in [2.75, 3.05) is 52.1 Å². The zero-order chi connectivity index (χ0) is 19.7. The third kappa shape index (κ3) is 5.22. The van der Waals surface area contributed by atoms with Gasteiger partial charge < -0.3 is 9.64 Å². The lowest BCUT2D eigenvalue weighted by Gasteiger charge is -2.46. The summed E-state index contributed by atoms with van der Waals surface area (Å²) in [6, 6.07) is 0.537. The lowest BCUT2D eigenvalue weighted by Crippen LogP contribution is -2.52. The van der Waals surface area contributed by atoms with Crippen LogP contribution in [0.15, 0.2) is 0 Å². The molecule has 0 aromatic rings. The first-order chi connectivity index (χ1) is 12.7. The lowest BCUT2D eigenvalue weighted by molar-refractivity contribution is -0.141. The van der Waals surface area contributed by atoms with Gasteiger partial charge in [-0.25, -0.2) is 12.7 Å². The molecule has 1 spiro atoms. The molecule has 0 aromatic carbocycles. The van der Waals surface area contributed by atoms with E-state index in [1.165, 1.54) is 6.26 Å². The highest BCUT2D eigenvalue weighted by Crippen LogP contribution is 2.39. The fraction of sp³-hybridized carbons (Fsp3) is 0.947. The maximum absolute atomic E-state index is 12.8. The summed E-state index contributed by atoms with van der Waals surface area (Å²) in [6.07, 6.45) is 5.14. The average molecular weight is 402 g/mol. The number of piperazine rings is 1. The molecular formula is C19H35N3O4S. The van der Waals surface area contributed by atoms with E-state index >= 15 is 0 Å². The molecule has 0 aliphatic carbocycles. The average Bonchev–Trinajstić information content (AvgIpc) is 2.61. The van der Waals surface area contributed by atoms with Gasteiger partial charge >= 0.3 is 0 Å². The molecule has 3 rings (SSSR count). The van der Waals surface area contributed by atoms with Gasteiger partial charge in [0.05, 0.1) is 11.9 Å². The van der Waals surface area contributed by atoms with Crippen LogP contribution in [0.2, 0.25) is 0 Å². The summed E-state index contributed by atoms with van der Waals surface area (Å²) in [7, 11) is -3.13. The van der Waals surface area contributed by atoms with Crippen molar-refractivity contribution >= 4 is 15.9 Å². The van der Waals surface area contributed by atoms with E-state index in [2.05, 4.69) is 18.7 Å². The Hall–Kier alpha value is -0.700. The minimum Gasteiger partial charge on any atom is -0.375 e. The Morgan fingerprint density at radius 2 is 1.74 bits per heavy atom. The Morgan fingerprint density at radius 3 is 2.30 bits per heavy atom. The van der Waals surface area contributed by atoms with Crippen LogP contribution in [0, 0.1) is 5.92 Å². The summed E-state index contributed by atoms with van der Waals surface area (Å²) in [6.45, 7) is 9.71. The van der Waals surface area contributed by atoms with Crippen LogP contribution in [0.4, 0.5) is 0 Å². The molecule has 3 heterocycles. The first kappa shape index (κ1) is 21.0. The molecule has 7 nitrogen and oxygen atoms in total. The molecule has 0 N–H and O–H groups in total. The number of carbonyl (C=O) groups excluding carboxylic acids is 1. The van der Waals surface area contributed by atoms with Gasteiger partial charge in [0.15, 0.2) is 0 Å². The second-order valence-electron chi connectivity index (χ2n) is 8.77. The molecule has 1 amide bonds. The molecule has 27 heavy (non-hydrogen) atoms. The minimum absolute atomic E-state index is 0.235. The monoisotopic (exact) mass is 401 g/mol. The van der Waals surface area contributed by atoms with Crippen molar-refractivity contribution in [3.63, 3.8) is 0 Å². The van der Waals surface area contributed by atoms with E-state index in [0.29, 0.717) is 38.1 Å². The van der Waals surface area contributed by atoms with Crippen molar-refractivity contribution in [3.05, 3.63) is 0 Å². The van der Waals surface area contributed by atoms with Gasteiger partial charge in [0.25, 0.3) is 0 Å². The molecule has 1 unspecified atom stereocenters. The van der Waals surface area contributed by atoms with Crippen LogP contribution in [0.25, 0.3) is 0 Å². The normalized spacial score (nSPS) is 28.0. The fourth-order valence-corrected chi connectivity index (χ4v) is 5.59. The van der Waals surface area contributed by atoms with Gasteiger partial charge in [-0.3, -0.25) is 9.69 Å². The largest absolute Gasteiger partial charge is 0.375 e. The standard InChI is InChI=1S/C19H35N3O4S/c1-16(2)20-9-11-21(12-10-20)18(23)14-17-4-13-26-19(15-17)5-7-22(8-6-19)27(3,24)25/h16-17H,4-15H2,1-3H3. The van der Waals surface area contributed by atoms with E-state index < -0.39 is 10.0 Å². The summed E-state index contributed by atoms with van der Waals surface area (Å²) >= 11 is 0. The predicted octanol–water partition coefficient (Wildman–Crippen LogP) is 1.15. The number of amides is 1. The van der Waals surface area contributed by atoms with Crippen LogP contribution in [0.5, 0.6) is 0 Å². The third-order valence-corrected chi connectivity index (χ3v) is 7.86. The highest BCUT2D eigenvalue weighted by atomic mass is 32.2. The highest BCUT2D eigenvalue weighted by Gasteiger charge is 2.42. The van der Waals surface area contributed by atoms with Crippen LogP contribution in [-0.2, 0) is 19.6 Å². The molecule has 3 aliphatic rings. The Labute approximate surface area is 164 Å². The van der Waals surface area contributed by atoms with E-state index in [1.807, 2.05) is 4.90 Å². The molecule has 1 atom stereocenters. The zero-order valence-corrected chi connectivity index (χ0v) is 17.8. The van der Waals surface area contributed by atoms with Gasteiger partial charge in [-0.2, -0.15) is 0 Å². The molecule has 3 aliphatic heterocycles. The van der Waals surface area contributed by atoms with E-state index in [0.717, 1.165) is 51.9 Å². The van der Waals surface area contributed by atoms with Gasteiger partial charge in [0, 0.05) is 58.3 Å². The van der Waals surface area contributed by atoms with Crippen LogP contribution in [0.3, 0.4) is 0 Å². The van der Waals surface area contributed by atoms with Crippen LogP contribution in [0.1, 0.15) is 46.0 Å². The summed E-state index contributed by atoms with van der Waals surface area (Å²) in [5, 5.41) is 0. The quantitative estimate of drug-likeness (QED) is 0.707. The highest BCUT2D eigenvalue weighted by molar-refractivity contribution is 7.88. The topological polar surface area (TPSA) is 70.2 Å². The SMILES string of the molecule is CC(C)N1CCN(C(=O)CC2CCOC3(CCN(S(C)(=O)=O)CC3)C2)CC1. The summed E-state index contributed by atoms with van der Waals surface area (Å²) in [5.41, 5.74) is -0.235. The summed E-state index contributed by atoms with van der Waals surface area (Å²) in [5.74, 6) is 0.619. The predicted molar refractivity (Wildman–Crippen MR) is 105 cm³/mol. The van der Waals surface area contributed by atoms with E-state index in [1.54, 1.807) is 4.31 Å². The Morgan fingerprint density at radius 1 is 1.11 bits per heavy atom. The van der Waals surface area contributed by atoms with Crippen LogP contribution in [-0.4, -0.2) is 92.2 Å². The van der Waals surface area contributed by atoms with E-state index in [-0.39, 0.29) is 11.5 Å². The van der Waals surface area contributed by atoms with Gasteiger partial charge in [-0.15, -0.1) is 0 Å². The van der Waals surface area contributed by atoms with Crippen molar-refractivity contribution in [3.8, 4) is 0 Å². The smallest absolute Gasteiger partial charge is 0.222 e. The minimum atomic E-state index is -3.13. The third-order valence-electron chi connectivity index (χ3n) is 6.56. The van der Waals surface area contributed by atoms with Crippen molar-refractivity contribution in [1.82, 2.24) is 14.1 Å². The molecule has 3 saturated heterocycles. The number of carbonyl (C=O) groups is 1. The Kier molecular flexibility index (Phi) is 6.50. The van der Waals surface area contributed by atoms with Crippen molar-refractivity contribution in [2.24, 2.45) is 5.92 Å². The van der Waals surface area contributed by atoms with Gasteiger partial charge in [-0.1, -0.05) is 0 Å². The number of piperidine rings is 1. The zero-order valence-electron chi connectivity index (χ0n) is 17.0. The van der Waals surface area contributed by atoms with Crippen molar-refractivity contribution < 1.29 is 17.9 Å². The summed E-state index contributed by atoms with van der Waals surface area (Å²) in [4.78, 5) is 17.2. The number of sulfonamides is 1. The second kappa shape index (κ2) is 8.35. The fourth-order valence-electron chi connectivity index (χ4n) is 4.74. The van der Waals surface area contributed by atoms with Gasteiger partial charge in [0.1, 0.15) is 0 Å². The number of hydrogen-bond acceptors (Lipinski definition) is 5. The van der Waals surface area contributed by atoms with Gasteiger partial charge in [0.2, 0.25) is 15.9 Å². The number of nitrogens with zero attached hydrogens (tertiary/aromatic N) is 3. The molecule has 8 heteroatoms.